The van der Waals surface area contributed by atoms with Gasteiger partial charge in [-0.3, -0.25) is 4.98 Å². The number of nitrogens with zero attached hydrogens (tertiary/aromatic N) is 1. The molecule has 20 heavy (non-hydrogen) atoms. The monoisotopic (exact) mass is 336 g/mol. The first-order valence-corrected chi connectivity index (χ1v) is 7.17. The first-order valence-electron chi connectivity index (χ1n) is 6.38. The Morgan fingerprint density at radius 2 is 2.05 bits per heavy atom. The van der Waals surface area contributed by atoms with Crippen molar-refractivity contribution >= 4 is 21.6 Å². The van der Waals surface area contributed by atoms with E-state index in [1.807, 2.05) is 37.3 Å². The molecular weight excluding hydrogens is 320 g/mol. The quantitative estimate of drug-likeness (QED) is 0.869. The smallest absolute Gasteiger partial charge is 0.163 e. The molecule has 0 atom stereocenters. The highest BCUT2D eigenvalue weighted by Gasteiger charge is 2.05. The van der Waals surface area contributed by atoms with E-state index in [-0.39, 0.29) is 0 Å². The molecule has 0 fully saturated rings. The fraction of sp³-hybridized carbons (Fsp3) is 0.267. The van der Waals surface area contributed by atoms with E-state index in [0.29, 0.717) is 13.2 Å². The normalized spacial score (nSPS) is 10.2. The van der Waals surface area contributed by atoms with Gasteiger partial charge in [-0.15, -0.1) is 0 Å². The highest BCUT2D eigenvalue weighted by molar-refractivity contribution is 9.10. The van der Waals surface area contributed by atoms with Gasteiger partial charge < -0.3 is 14.8 Å². The summed E-state index contributed by atoms with van der Waals surface area (Å²) < 4.78 is 11.8. The second-order valence-electron chi connectivity index (χ2n) is 4.12. The Bertz CT molecular complexity index is 558. The molecule has 0 spiro atoms. The molecule has 4 nitrogen and oxygen atoms in total. The van der Waals surface area contributed by atoms with Crippen molar-refractivity contribution < 1.29 is 9.47 Å². The van der Waals surface area contributed by atoms with Gasteiger partial charge in [-0.25, -0.2) is 0 Å². The molecule has 0 bridgehead atoms. The maximum absolute atomic E-state index is 5.55. The van der Waals surface area contributed by atoms with Crippen molar-refractivity contribution in [2.24, 2.45) is 0 Å². The molecule has 0 radical (unpaired) electrons. The van der Waals surface area contributed by atoms with Crippen molar-refractivity contribution in [2.75, 3.05) is 19.0 Å². The van der Waals surface area contributed by atoms with Gasteiger partial charge in [-0.2, -0.15) is 0 Å². The first-order chi connectivity index (χ1) is 9.72. The number of hydrogen-bond acceptors (Lipinski definition) is 4. The van der Waals surface area contributed by atoms with Gasteiger partial charge in [0.15, 0.2) is 11.5 Å². The standard InChI is InChI=1S/C15H17BrN2O2/c1-3-20-15-8-12(6-7-14(15)19-2)18-10-13-5-4-11(16)9-17-13/h4-9,18H,3,10H2,1-2H3. The van der Waals surface area contributed by atoms with Crippen LogP contribution in [0.1, 0.15) is 12.6 Å². The molecule has 5 heteroatoms. The summed E-state index contributed by atoms with van der Waals surface area (Å²) in [6.45, 7) is 3.21. The van der Waals surface area contributed by atoms with Gasteiger partial charge in [-0.1, -0.05) is 0 Å². The molecule has 1 N–H and O–H groups in total. The lowest BCUT2D eigenvalue weighted by molar-refractivity contribution is 0.311. The zero-order valence-corrected chi connectivity index (χ0v) is 13.1. The molecule has 2 rings (SSSR count). The lowest BCUT2D eigenvalue weighted by Crippen LogP contribution is -2.02. The molecule has 0 amide bonds. The van der Waals surface area contributed by atoms with E-state index in [1.54, 1.807) is 13.3 Å². The average molecular weight is 337 g/mol. The SMILES string of the molecule is CCOc1cc(NCc2ccc(Br)cn2)ccc1OC. The van der Waals surface area contributed by atoms with Crippen LogP contribution in [0.5, 0.6) is 11.5 Å². The van der Waals surface area contributed by atoms with Gasteiger partial charge in [0.1, 0.15) is 0 Å². The van der Waals surface area contributed by atoms with Crippen LogP contribution in [0.3, 0.4) is 0 Å². The average Bonchev–Trinajstić information content (AvgIpc) is 2.47. The van der Waals surface area contributed by atoms with Crippen molar-refractivity contribution in [3.05, 3.63) is 46.7 Å². The Morgan fingerprint density at radius 1 is 1.20 bits per heavy atom. The van der Waals surface area contributed by atoms with Crippen molar-refractivity contribution in [3.63, 3.8) is 0 Å². The van der Waals surface area contributed by atoms with Crippen LogP contribution in [0.2, 0.25) is 0 Å². The van der Waals surface area contributed by atoms with Crippen molar-refractivity contribution in [1.82, 2.24) is 4.98 Å². The summed E-state index contributed by atoms with van der Waals surface area (Å²) in [5.74, 6) is 1.47. The molecule has 1 heterocycles. The van der Waals surface area contributed by atoms with Crippen molar-refractivity contribution in [1.29, 1.82) is 0 Å². The minimum Gasteiger partial charge on any atom is -0.493 e. The zero-order chi connectivity index (χ0) is 14.4. The van der Waals surface area contributed by atoms with Crippen LogP contribution in [0, 0.1) is 0 Å². The Balaban J connectivity index is 2.05. The maximum atomic E-state index is 5.55. The molecule has 0 aliphatic carbocycles. The maximum Gasteiger partial charge on any atom is 0.163 e. The third-order valence-electron chi connectivity index (χ3n) is 2.73. The summed E-state index contributed by atoms with van der Waals surface area (Å²) in [4.78, 5) is 4.32. The fourth-order valence-corrected chi connectivity index (χ4v) is 1.99. The fourth-order valence-electron chi connectivity index (χ4n) is 1.76. The molecule has 0 aliphatic heterocycles. The number of nitrogens with one attached hydrogen (secondary N) is 1. The molecule has 2 aromatic rings. The summed E-state index contributed by atoms with van der Waals surface area (Å²) in [7, 11) is 1.64. The minimum absolute atomic E-state index is 0.605. The van der Waals surface area contributed by atoms with Crippen LogP contribution in [-0.4, -0.2) is 18.7 Å². The number of ether oxygens (including phenoxy) is 2. The van der Waals surface area contributed by atoms with Gasteiger partial charge in [-0.05, 0) is 47.1 Å². The largest absolute Gasteiger partial charge is 0.493 e. The molecule has 1 aromatic carbocycles. The predicted octanol–water partition coefficient (Wildman–Crippen LogP) is 3.86. The Kier molecular flexibility index (Phi) is 5.24. The third kappa shape index (κ3) is 3.87. The minimum atomic E-state index is 0.605. The number of halogens is 1. The second-order valence-corrected chi connectivity index (χ2v) is 5.04. The van der Waals surface area contributed by atoms with Crippen LogP contribution in [0.25, 0.3) is 0 Å². The molecule has 106 valence electrons. The lowest BCUT2D eigenvalue weighted by atomic mass is 10.2. The number of rotatable bonds is 6. The number of aromatic nitrogens is 1. The summed E-state index contributed by atoms with van der Waals surface area (Å²) >= 11 is 3.37. The number of benzene rings is 1. The molecule has 0 aliphatic rings. The first kappa shape index (κ1) is 14.7. The van der Waals surface area contributed by atoms with E-state index in [2.05, 4.69) is 26.2 Å². The van der Waals surface area contributed by atoms with Crippen molar-refractivity contribution in [3.8, 4) is 11.5 Å². The summed E-state index contributed by atoms with van der Waals surface area (Å²) in [5.41, 5.74) is 1.95. The van der Waals surface area contributed by atoms with E-state index >= 15 is 0 Å². The van der Waals surface area contributed by atoms with E-state index in [0.717, 1.165) is 27.4 Å². The number of methoxy groups -OCH3 is 1. The third-order valence-corrected chi connectivity index (χ3v) is 3.19. The van der Waals surface area contributed by atoms with Crippen molar-refractivity contribution in [2.45, 2.75) is 13.5 Å². The number of anilines is 1. The van der Waals surface area contributed by atoms with E-state index < -0.39 is 0 Å². The van der Waals surface area contributed by atoms with Crippen LogP contribution >= 0.6 is 15.9 Å². The van der Waals surface area contributed by atoms with E-state index in [4.69, 9.17) is 9.47 Å². The van der Waals surface area contributed by atoms with Crippen LogP contribution < -0.4 is 14.8 Å². The van der Waals surface area contributed by atoms with E-state index in [9.17, 15) is 0 Å². The zero-order valence-electron chi connectivity index (χ0n) is 11.5. The lowest BCUT2D eigenvalue weighted by Gasteiger charge is -2.12. The van der Waals surface area contributed by atoms with Crippen LogP contribution in [-0.2, 0) is 6.54 Å². The van der Waals surface area contributed by atoms with Crippen LogP contribution in [0.4, 0.5) is 5.69 Å². The highest BCUT2D eigenvalue weighted by Crippen LogP contribution is 2.30. The highest BCUT2D eigenvalue weighted by atomic mass is 79.9. The van der Waals surface area contributed by atoms with Gasteiger partial charge in [0.05, 0.1) is 26.0 Å². The summed E-state index contributed by atoms with van der Waals surface area (Å²) in [6.07, 6.45) is 1.79. The number of hydrogen-bond donors (Lipinski definition) is 1. The summed E-state index contributed by atoms with van der Waals surface area (Å²) in [6, 6.07) is 9.73. The molecule has 0 saturated heterocycles. The second kappa shape index (κ2) is 7.14. The molecule has 0 unspecified atom stereocenters. The van der Waals surface area contributed by atoms with Gasteiger partial charge in [0.25, 0.3) is 0 Å². The predicted molar refractivity (Wildman–Crippen MR) is 83.4 cm³/mol. The van der Waals surface area contributed by atoms with Gasteiger partial charge in [0, 0.05) is 22.4 Å². The molecular formula is C15H17BrN2O2. The topological polar surface area (TPSA) is 43.4 Å². The summed E-state index contributed by atoms with van der Waals surface area (Å²) in [5, 5.41) is 3.32. The van der Waals surface area contributed by atoms with Gasteiger partial charge in [0.2, 0.25) is 0 Å². The van der Waals surface area contributed by atoms with E-state index in [1.165, 1.54) is 0 Å². The Labute approximate surface area is 127 Å². The van der Waals surface area contributed by atoms with Crippen LogP contribution in [0.15, 0.2) is 41.0 Å². The Morgan fingerprint density at radius 3 is 2.70 bits per heavy atom. The Hall–Kier alpha value is -1.75. The molecule has 1 aromatic heterocycles. The van der Waals surface area contributed by atoms with Gasteiger partial charge >= 0.3 is 0 Å². The molecule has 0 saturated carbocycles. The number of pyridine rings is 1.